The molecule has 1 amide bonds. The number of likely N-dealkylation sites (N-methyl/N-ethyl adjacent to an activating group) is 1. The monoisotopic (exact) mass is 269 g/mol. The first-order chi connectivity index (χ1) is 8.93. The highest BCUT2D eigenvalue weighted by Crippen LogP contribution is 2.15. The Morgan fingerprint density at radius 2 is 2.05 bits per heavy atom. The highest BCUT2D eigenvalue weighted by Gasteiger charge is 2.17. The van der Waals surface area contributed by atoms with Crippen LogP contribution < -0.4 is 15.5 Å². The first kappa shape index (κ1) is 15.4. The minimum absolute atomic E-state index is 0.00383. The van der Waals surface area contributed by atoms with Gasteiger partial charge in [-0.2, -0.15) is 0 Å². The van der Waals surface area contributed by atoms with Crippen LogP contribution >= 0.6 is 0 Å². The molecule has 1 aromatic heterocycles. The molecule has 1 rings (SSSR count). The lowest BCUT2D eigenvalue weighted by Gasteiger charge is -2.15. The van der Waals surface area contributed by atoms with Crippen molar-refractivity contribution in [1.82, 2.24) is 20.8 Å². The Kier molecular flexibility index (Phi) is 5.75. The molecule has 0 radical (unpaired) electrons. The normalized spacial score (nSPS) is 12.5. The van der Waals surface area contributed by atoms with Crippen LogP contribution in [0.15, 0.2) is 4.42 Å². The molecule has 1 aromatic rings. The van der Waals surface area contributed by atoms with E-state index in [9.17, 15) is 4.79 Å². The van der Waals surface area contributed by atoms with Gasteiger partial charge in [-0.3, -0.25) is 4.79 Å². The van der Waals surface area contributed by atoms with Crippen molar-refractivity contribution in [1.29, 1.82) is 0 Å². The number of rotatable bonds is 7. The van der Waals surface area contributed by atoms with Gasteiger partial charge in [0.05, 0.1) is 6.04 Å². The Balaban J connectivity index is 2.58. The van der Waals surface area contributed by atoms with Gasteiger partial charge >= 0.3 is 6.01 Å². The number of carbonyl (C=O) groups is 1. The van der Waals surface area contributed by atoms with E-state index in [1.165, 1.54) is 0 Å². The van der Waals surface area contributed by atoms with Crippen LogP contribution in [0.2, 0.25) is 0 Å². The van der Waals surface area contributed by atoms with Gasteiger partial charge in [-0.05, 0) is 27.3 Å². The maximum Gasteiger partial charge on any atom is 0.318 e. The van der Waals surface area contributed by atoms with Crippen molar-refractivity contribution in [2.75, 3.05) is 25.0 Å². The molecule has 0 aliphatic carbocycles. The smallest absolute Gasteiger partial charge is 0.318 e. The van der Waals surface area contributed by atoms with Gasteiger partial charge in [-0.15, -0.1) is 5.10 Å². The third-order valence-corrected chi connectivity index (χ3v) is 2.47. The van der Waals surface area contributed by atoms with E-state index < -0.39 is 0 Å². The van der Waals surface area contributed by atoms with Crippen LogP contribution in [0.3, 0.4) is 0 Å². The average Bonchev–Trinajstić information content (AvgIpc) is 2.77. The topological polar surface area (TPSA) is 83.3 Å². The van der Waals surface area contributed by atoms with Crippen LogP contribution in [0.1, 0.15) is 39.6 Å². The van der Waals surface area contributed by atoms with E-state index >= 15 is 0 Å². The van der Waals surface area contributed by atoms with Gasteiger partial charge in [-0.1, -0.05) is 12.0 Å². The molecule has 0 bridgehead atoms. The second kappa shape index (κ2) is 7.08. The van der Waals surface area contributed by atoms with Gasteiger partial charge in [0.25, 0.3) is 0 Å². The summed E-state index contributed by atoms with van der Waals surface area (Å²) >= 11 is 0. The van der Waals surface area contributed by atoms with Crippen molar-refractivity contribution in [2.24, 2.45) is 0 Å². The van der Waals surface area contributed by atoms with Crippen molar-refractivity contribution < 1.29 is 9.21 Å². The van der Waals surface area contributed by atoms with Crippen LogP contribution in [0.5, 0.6) is 0 Å². The highest BCUT2D eigenvalue weighted by atomic mass is 16.4. The van der Waals surface area contributed by atoms with Crippen molar-refractivity contribution in [3.8, 4) is 0 Å². The van der Waals surface area contributed by atoms with Crippen molar-refractivity contribution >= 4 is 11.9 Å². The molecule has 0 saturated heterocycles. The van der Waals surface area contributed by atoms with Crippen LogP contribution in [0.25, 0.3) is 0 Å². The number of nitrogens with one attached hydrogen (secondary N) is 2. The zero-order valence-electron chi connectivity index (χ0n) is 12.2. The molecule has 0 spiro atoms. The predicted molar refractivity (Wildman–Crippen MR) is 72.9 cm³/mol. The average molecular weight is 269 g/mol. The van der Waals surface area contributed by atoms with Crippen molar-refractivity contribution in [3.63, 3.8) is 0 Å². The van der Waals surface area contributed by atoms with E-state index in [1.54, 1.807) is 11.9 Å². The first-order valence-electron chi connectivity index (χ1n) is 6.51. The van der Waals surface area contributed by atoms with Crippen LogP contribution in [-0.4, -0.2) is 42.3 Å². The summed E-state index contributed by atoms with van der Waals surface area (Å²) in [5.41, 5.74) is 0. The number of anilines is 1. The van der Waals surface area contributed by atoms with Gasteiger partial charge in [-0.25, -0.2) is 0 Å². The largest absolute Gasteiger partial charge is 0.406 e. The highest BCUT2D eigenvalue weighted by molar-refractivity contribution is 5.80. The molecule has 1 unspecified atom stereocenters. The molecule has 108 valence electrons. The summed E-state index contributed by atoms with van der Waals surface area (Å²) in [7, 11) is 1.75. The number of hydrogen-bond donors (Lipinski definition) is 2. The van der Waals surface area contributed by atoms with Gasteiger partial charge in [0.2, 0.25) is 11.8 Å². The number of aromatic nitrogens is 2. The molecule has 7 nitrogen and oxygen atoms in total. The molecule has 7 heteroatoms. The minimum Gasteiger partial charge on any atom is -0.406 e. The Morgan fingerprint density at radius 1 is 1.37 bits per heavy atom. The fourth-order valence-corrected chi connectivity index (χ4v) is 1.60. The van der Waals surface area contributed by atoms with Crippen LogP contribution in [0.4, 0.5) is 6.01 Å². The molecule has 0 aliphatic rings. The second-order valence-corrected chi connectivity index (χ2v) is 4.78. The predicted octanol–water partition coefficient (Wildman–Crippen LogP) is 0.701. The number of amides is 1. The number of nitrogens with zero attached hydrogens (tertiary/aromatic N) is 3. The van der Waals surface area contributed by atoms with E-state index in [0.29, 0.717) is 11.9 Å². The van der Waals surface area contributed by atoms with Gasteiger partial charge in [0.15, 0.2) is 0 Å². The summed E-state index contributed by atoms with van der Waals surface area (Å²) in [5.74, 6) is 0.449. The molecule has 2 N–H and O–H groups in total. The summed E-state index contributed by atoms with van der Waals surface area (Å²) in [5, 5.41) is 13.9. The lowest BCUT2D eigenvalue weighted by Crippen LogP contribution is -2.38. The summed E-state index contributed by atoms with van der Waals surface area (Å²) in [6.07, 6.45) is 0. The quantitative estimate of drug-likeness (QED) is 0.758. The number of hydrogen-bond acceptors (Lipinski definition) is 6. The third-order valence-electron chi connectivity index (χ3n) is 2.47. The molecule has 19 heavy (non-hydrogen) atoms. The standard InChI is InChI=1S/C12H23N5O2/c1-6-13-9(4)11-15-16-12(19-11)17(5)7-10(18)14-8(2)3/h8-9,13H,6-7H2,1-5H3,(H,14,18). The second-order valence-electron chi connectivity index (χ2n) is 4.78. The molecule has 1 atom stereocenters. The van der Waals surface area contributed by atoms with Crippen LogP contribution in [0, 0.1) is 0 Å². The Labute approximate surface area is 113 Å². The van der Waals surface area contributed by atoms with Crippen molar-refractivity contribution in [2.45, 2.75) is 39.8 Å². The molecule has 0 saturated carbocycles. The summed E-state index contributed by atoms with van der Waals surface area (Å²) in [4.78, 5) is 13.3. The summed E-state index contributed by atoms with van der Waals surface area (Å²) in [6.45, 7) is 8.81. The molecule has 0 aromatic carbocycles. The molecular weight excluding hydrogens is 246 g/mol. The Hall–Kier alpha value is -1.63. The lowest BCUT2D eigenvalue weighted by molar-refractivity contribution is -0.120. The minimum atomic E-state index is -0.0722. The molecule has 0 aliphatic heterocycles. The Bertz CT molecular complexity index is 405. The summed E-state index contributed by atoms with van der Waals surface area (Å²) < 4.78 is 5.53. The van der Waals surface area contributed by atoms with E-state index in [1.807, 2.05) is 27.7 Å². The van der Waals surface area contributed by atoms with Crippen LogP contribution in [-0.2, 0) is 4.79 Å². The van der Waals surface area contributed by atoms with E-state index in [-0.39, 0.29) is 24.5 Å². The fourth-order valence-electron chi connectivity index (χ4n) is 1.60. The maximum absolute atomic E-state index is 11.6. The Morgan fingerprint density at radius 3 is 2.63 bits per heavy atom. The van der Waals surface area contributed by atoms with E-state index in [2.05, 4.69) is 20.8 Å². The zero-order chi connectivity index (χ0) is 14.4. The fraction of sp³-hybridized carbons (Fsp3) is 0.750. The van der Waals surface area contributed by atoms with Crippen molar-refractivity contribution in [3.05, 3.63) is 5.89 Å². The molecule has 1 heterocycles. The summed E-state index contributed by atoms with van der Waals surface area (Å²) in [6, 6.07) is 0.468. The van der Waals surface area contributed by atoms with Gasteiger partial charge in [0.1, 0.15) is 6.54 Å². The lowest BCUT2D eigenvalue weighted by atomic mass is 10.3. The molecule has 0 fully saturated rings. The van der Waals surface area contributed by atoms with Gasteiger partial charge in [0, 0.05) is 13.1 Å². The zero-order valence-corrected chi connectivity index (χ0v) is 12.2. The third kappa shape index (κ3) is 4.86. The first-order valence-corrected chi connectivity index (χ1v) is 6.51. The van der Waals surface area contributed by atoms with E-state index in [0.717, 1.165) is 6.54 Å². The number of carbonyl (C=O) groups excluding carboxylic acids is 1. The van der Waals surface area contributed by atoms with E-state index in [4.69, 9.17) is 4.42 Å². The van der Waals surface area contributed by atoms with Gasteiger partial charge < -0.3 is 20.0 Å². The maximum atomic E-state index is 11.6. The molecular formula is C12H23N5O2. The SMILES string of the molecule is CCNC(C)c1nnc(N(C)CC(=O)NC(C)C)o1.